The number of fused-ring (bicyclic) bond motifs is 1. The van der Waals surface area contributed by atoms with E-state index < -0.39 is 0 Å². The van der Waals surface area contributed by atoms with Crippen molar-refractivity contribution in [2.45, 2.75) is 26.8 Å². The lowest BCUT2D eigenvalue weighted by molar-refractivity contribution is 0.170. The molecule has 0 saturated heterocycles. The summed E-state index contributed by atoms with van der Waals surface area (Å²) in [4.78, 5) is 0. The summed E-state index contributed by atoms with van der Waals surface area (Å²) in [5.41, 5.74) is 7.04. The molecule has 2 rings (SSSR count). The molecule has 4 nitrogen and oxygen atoms in total. The fraction of sp³-hybridized carbons (Fsp3) is 0.571. The Hall–Kier alpha value is -1.26. The van der Waals surface area contributed by atoms with Crippen LogP contribution in [0.5, 0.6) is 11.5 Å². The van der Waals surface area contributed by atoms with Crippen molar-refractivity contribution in [3.8, 4) is 11.5 Å². The molecule has 1 N–H and O–H groups in total. The first kappa shape index (κ1) is 13.2. The van der Waals surface area contributed by atoms with Gasteiger partial charge in [-0.15, -0.1) is 0 Å². The molecular formula is C14H22N2O2. The van der Waals surface area contributed by atoms with E-state index in [0.29, 0.717) is 0 Å². The molecule has 0 radical (unpaired) electrons. The number of aryl methyl sites for hydroxylation is 1. The van der Waals surface area contributed by atoms with Gasteiger partial charge in [-0.3, -0.25) is 5.43 Å². The molecule has 100 valence electrons. The summed E-state index contributed by atoms with van der Waals surface area (Å²) in [6, 6.07) is 2.07. The van der Waals surface area contributed by atoms with Gasteiger partial charge in [0.05, 0.1) is 14.2 Å². The molecule has 1 aromatic carbocycles. The number of methoxy groups -OCH3 is 2. The van der Waals surface area contributed by atoms with Gasteiger partial charge >= 0.3 is 0 Å². The maximum Gasteiger partial charge on any atom is 0.126 e. The summed E-state index contributed by atoms with van der Waals surface area (Å²) < 4.78 is 11.1. The number of hydrogen-bond donors (Lipinski definition) is 1. The Labute approximate surface area is 109 Å². The van der Waals surface area contributed by atoms with E-state index in [1.54, 1.807) is 14.2 Å². The van der Waals surface area contributed by atoms with Crippen molar-refractivity contribution in [3.63, 3.8) is 0 Å². The average molecular weight is 250 g/mol. The van der Waals surface area contributed by atoms with Gasteiger partial charge in [-0.05, 0) is 25.0 Å². The number of nitrogens with zero attached hydrogens (tertiary/aromatic N) is 1. The van der Waals surface area contributed by atoms with Gasteiger partial charge in [-0.25, -0.2) is 5.01 Å². The van der Waals surface area contributed by atoms with E-state index in [9.17, 15) is 0 Å². The van der Waals surface area contributed by atoms with E-state index >= 15 is 0 Å². The first-order chi connectivity index (χ1) is 8.71. The largest absolute Gasteiger partial charge is 0.496 e. The molecule has 18 heavy (non-hydrogen) atoms. The topological polar surface area (TPSA) is 33.7 Å². The van der Waals surface area contributed by atoms with Gasteiger partial charge in [0, 0.05) is 30.8 Å². The molecule has 0 aromatic heterocycles. The molecule has 0 amide bonds. The van der Waals surface area contributed by atoms with Crippen LogP contribution in [0.25, 0.3) is 0 Å². The van der Waals surface area contributed by atoms with Gasteiger partial charge < -0.3 is 9.47 Å². The maximum absolute atomic E-state index is 5.56. The lowest BCUT2D eigenvalue weighted by Crippen LogP contribution is -2.41. The summed E-state index contributed by atoms with van der Waals surface area (Å²) >= 11 is 0. The quantitative estimate of drug-likeness (QED) is 0.885. The van der Waals surface area contributed by atoms with Crippen LogP contribution in [-0.4, -0.2) is 32.3 Å². The van der Waals surface area contributed by atoms with E-state index in [4.69, 9.17) is 9.47 Å². The van der Waals surface area contributed by atoms with Crippen LogP contribution in [0.2, 0.25) is 0 Å². The minimum Gasteiger partial charge on any atom is -0.496 e. The molecule has 1 heterocycles. The number of nitrogens with one attached hydrogen (secondary N) is 1. The fourth-order valence-electron chi connectivity index (χ4n) is 2.66. The normalized spacial score (nSPS) is 15.3. The van der Waals surface area contributed by atoms with Crippen molar-refractivity contribution in [1.29, 1.82) is 0 Å². The highest BCUT2D eigenvalue weighted by atomic mass is 16.5. The van der Waals surface area contributed by atoms with Crippen molar-refractivity contribution >= 4 is 0 Å². The van der Waals surface area contributed by atoms with Gasteiger partial charge in [0.15, 0.2) is 0 Å². The third-order valence-electron chi connectivity index (χ3n) is 3.43. The van der Waals surface area contributed by atoms with Gasteiger partial charge in [-0.2, -0.15) is 0 Å². The monoisotopic (exact) mass is 250 g/mol. The van der Waals surface area contributed by atoms with E-state index in [-0.39, 0.29) is 0 Å². The molecule has 0 atom stereocenters. The SMILES string of the molecule is CCNN1CCc2c(OC)cc(C)c(OC)c2C1. The first-order valence-corrected chi connectivity index (χ1v) is 6.43. The van der Waals surface area contributed by atoms with Crippen molar-refractivity contribution in [2.75, 3.05) is 27.3 Å². The first-order valence-electron chi connectivity index (χ1n) is 6.43. The van der Waals surface area contributed by atoms with Gasteiger partial charge in [0.1, 0.15) is 11.5 Å². The van der Waals surface area contributed by atoms with Crippen LogP contribution in [0.1, 0.15) is 23.6 Å². The Bertz CT molecular complexity index is 432. The average Bonchev–Trinajstić information content (AvgIpc) is 2.38. The lowest BCUT2D eigenvalue weighted by atomic mass is 9.95. The lowest BCUT2D eigenvalue weighted by Gasteiger charge is -2.31. The highest BCUT2D eigenvalue weighted by Crippen LogP contribution is 2.37. The molecule has 1 aromatic rings. The number of rotatable bonds is 4. The predicted molar refractivity (Wildman–Crippen MR) is 72.1 cm³/mol. The fourth-order valence-corrected chi connectivity index (χ4v) is 2.66. The van der Waals surface area contributed by atoms with Crippen LogP contribution in [0.3, 0.4) is 0 Å². The Kier molecular flexibility index (Phi) is 4.09. The minimum atomic E-state index is 0.865. The summed E-state index contributed by atoms with van der Waals surface area (Å²) in [5, 5.41) is 2.24. The molecular weight excluding hydrogens is 228 g/mol. The zero-order valence-corrected chi connectivity index (χ0v) is 11.7. The van der Waals surface area contributed by atoms with Crippen LogP contribution >= 0.6 is 0 Å². The smallest absolute Gasteiger partial charge is 0.126 e. The number of hydrazine groups is 1. The zero-order valence-electron chi connectivity index (χ0n) is 11.7. The summed E-state index contributed by atoms with van der Waals surface area (Å²) in [6.07, 6.45) is 0.988. The molecule has 0 fully saturated rings. The van der Waals surface area contributed by atoms with Crippen LogP contribution < -0.4 is 14.9 Å². The van der Waals surface area contributed by atoms with Gasteiger partial charge in [0.25, 0.3) is 0 Å². The van der Waals surface area contributed by atoms with Crippen LogP contribution in [-0.2, 0) is 13.0 Å². The third-order valence-corrected chi connectivity index (χ3v) is 3.43. The van der Waals surface area contributed by atoms with Gasteiger partial charge in [-0.1, -0.05) is 6.92 Å². The Balaban J connectivity index is 2.42. The zero-order chi connectivity index (χ0) is 13.1. The Morgan fingerprint density at radius 3 is 2.67 bits per heavy atom. The van der Waals surface area contributed by atoms with Crippen molar-refractivity contribution in [1.82, 2.24) is 10.4 Å². The molecule has 1 aliphatic rings. The second kappa shape index (κ2) is 5.59. The Morgan fingerprint density at radius 1 is 1.28 bits per heavy atom. The van der Waals surface area contributed by atoms with Crippen LogP contribution in [0.4, 0.5) is 0 Å². The van der Waals surface area contributed by atoms with Crippen LogP contribution in [0.15, 0.2) is 6.07 Å². The predicted octanol–water partition coefficient (Wildman–Crippen LogP) is 1.89. The molecule has 0 saturated carbocycles. The van der Waals surface area contributed by atoms with E-state index in [0.717, 1.165) is 43.1 Å². The summed E-state index contributed by atoms with van der Waals surface area (Å²) in [7, 11) is 3.47. The van der Waals surface area contributed by atoms with E-state index in [2.05, 4.69) is 30.3 Å². The second-order valence-electron chi connectivity index (χ2n) is 4.57. The molecule has 0 spiro atoms. The number of benzene rings is 1. The molecule has 0 unspecified atom stereocenters. The molecule has 1 aliphatic heterocycles. The van der Waals surface area contributed by atoms with Crippen LogP contribution in [0, 0.1) is 6.92 Å². The number of ether oxygens (including phenoxy) is 2. The highest BCUT2D eigenvalue weighted by molar-refractivity contribution is 5.54. The minimum absolute atomic E-state index is 0.865. The van der Waals surface area contributed by atoms with Crippen molar-refractivity contribution in [2.24, 2.45) is 0 Å². The van der Waals surface area contributed by atoms with Gasteiger partial charge in [0.2, 0.25) is 0 Å². The molecule has 0 bridgehead atoms. The maximum atomic E-state index is 5.56. The Morgan fingerprint density at radius 2 is 2.06 bits per heavy atom. The van der Waals surface area contributed by atoms with Crippen molar-refractivity contribution < 1.29 is 9.47 Å². The standard InChI is InChI=1S/C14H22N2O2/c1-5-15-16-7-6-11-12(9-16)14(18-4)10(2)8-13(11)17-3/h8,15H,5-7,9H2,1-4H3. The molecule has 0 aliphatic carbocycles. The molecule has 4 heteroatoms. The highest BCUT2D eigenvalue weighted by Gasteiger charge is 2.24. The summed E-state index contributed by atoms with van der Waals surface area (Å²) in [6.45, 7) is 6.99. The van der Waals surface area contributed by atoms with Crippen molar-refractivity contribution in [3.05, 3.63) is 22.8 Å². The third kappa shape index (κ3) is 2.31. The second-order valence-corrected chi connectivity index (χ2v) is 4.57. The summed E-state index contributed by atoms with van der Waals surface area (Å²) in [5.74, 6) is 1.98. The number of hydrogen-bond acceptors (Lipinski definition) is 4. The van der Waals surface area contributed by atoms with E-state index in [1.807, 2.05) is 0 Å². The van der Waals surface area contributed by atoms with E-state index in [1.165, 1.54) is 11.1 Å².